The zero-order chi connectivity index (χ0) is 20.8. The lowest BCUT2D eigenvalue weighted by molar-refractivity contribution is -0.117. The Hall–Kier alpha value is -2.78. The van der Waals surface area contributed by atoms with E-state index in [-0.39, 0.29) is 33.7 Å². The van der Waals surface area contributed by atoms with Crippen molar-refractivity contribution < 1.29 is 28.2 Å². The molecule has 0 atom stereocenters. The predicted molar refractivity (Wildman–Crippen MR) is 103 cm³/mol. The van der Waals surface area contributed by atoms with Crippen molar-refractivity contribution in [2.24, 2.45) is 0 Å². The van der Waals surface area contributed by atoms with E-state index in [1.807, 2.05) is 0 Å². The van der Waals surface area contributed by atoms with Gasteiger partial charge in [0.2, 0.25) is 5.91 Å². The largest absolute Gasteiger partial charge is 0.465 e. The van der Waals surface area contributed by atoms with E-state index in [0.29, 0.717) is 12.1 Å². The summed E-state index contributed by atoms with van der Waals surface area (Å²) < 4.78 is 22.5. The molecule has 1 heterocycles. The van der Waals surface area contributed by atoms with E-state index in [4.69, 9.17) is 9.47 Å². The highest BCUT2D eigenvalue weighted by atomic mass is 32.1. The van der Waals surface area contributed by atoms with Crippen molar-refractivity contribution in [3.05, 3.63) is 51.7 Å². The van der Waals surface area contributed by atoms with Crippen LogP contribution in [0.5, 0.6) is 0 Å². The molecule has 7 nitrogen and oxygen atoms in total. The number of rotatable bonds is 7. The summed E-state index contributed by atoms with van der Waals surface area (Å²) in [6.07, 6.45) is 0. The molecule has 0 unspecified atom stereocenters. The number of nitrogens with one attached hydrogen (secondary N) is 1. The van der Waals surface area contributed by atoms with Gasteiger partial charge in [0.25, 0.3) is 0 Å². The Balaban J connectivity index is 2.12. The quantitative estimate of drug-likeness (QED) is 0.709. The number of hydrogen-bond donors (Lipinski definition) is 1. The van der Waals surface area contributed by atoms with Crippen LogP contribution in [0.25, 0.3) is 0 Å². The van der Waals surface area contributed by atoms with Crippen LogP contribution in [0, 0.1) is 12.7 Å². The number of carbonyl (C=O) groups excluding carboxylic acids is 3. The molecule has 0 bridgehead atoms. The van der Waals surface area contributed by atoms with E-state index in [1.54, 1.807) is 31.0 Å². The molecule has 1 amide bonds. The van der Waals surface area contributed by atoms with Gasteiger partial charge < -0.3 is 14.8 Å². The summed E-state index contributed by atoms with van der Waals surface area (Å²) in [6, 6.07) is 6.00. The Labute approximate surface area is 166 Å². The average Bonchev–Trinajstić information content (AvgIpc) is 2.98. The van der Waals surface area contributed by atoms with Crippen LogP contribution in [0.2, 0.25) is 0 Å². The molecule has 0 saturated heterocycles. The van der Waals surface area contributed by atoms with Gasteiger partial charge in [-0.3, -0.25) is 9.69 Å². The second-order valence-electron chi connectivity index (χ2n) is 6.09. The van der Waals surface area contributed by atoms with Gasteiger partial charge in [0, 0.05) is 6.54 Å². The summed E-state index contributed by atoms with van der Waals surface area (Å²) in [5, 5.41) is 2.89. The Morgan fingerprint density at radius 2 is 1.71 bits per heavy atom. The lowest BCUT2D eigenvalue weighted by Gasteiger charge is -2.16. The minimum Gasteiger partial charge on any atom is -0.465 e. The zero-order valence-electron chi connectivity index (χ0n) is 16.0. The number of esters is 2. The van der Waals surface area contributed by atoms with Crippen LogP contribution in [-0.2, 0) is 20.8 Å². The number of benzene rings is 1. The van der Waals surface area contributed by atoms with Gasteiger partial charge in [-0.1, -0.05) is 12.1 Å². The fourth-order valence-electron chi connectivity index (χ4n) is 2.61. The van der Waals surface area contributed by atoms with Gasteiger partial charge in [-0.05, 0) is 37.2 Å². The van der Waals surface area contributed by atoms with Crippen LogP contribution in [0.3, 0.4) is 0 Å². The van der Waals surface area contributed by atoms with Gasteiger partial charge in [0.05, 0.1) is 26.3 Å². The highest BCUT2D eigenvalue weighted by molar-refractivity contribution is 7.18. The number of anilines is 1. The molecular weight excluding hydrogens is 387 g/mol. The first kappa shape index (κ1) is 21.5. The highest BCUT2D eigenvalue weighted by Crippen LogP contribution is 2.34. The molecule has 0 saturated carbocycles. The second-order valence-corrected chi connectivity index (χ2v) is 7.11. The number of carbonyl (C=O) groups is 3. The lowest BCUT2D eigenvalue weighted by Crippen LogP contribution is -2.30. The van der Waals surface area contributed by atoms with E-state index in [0.717, 1.165) is 16.9 Å². The van der Waals surface area contributed by atoms with Gasteiger partial charge in [0.1, 0.15) is 15.7 Å². The first-order chi connectivity index (χ1) is 13.3. The normalized spacial score (nSPS) is 10.6. The Kier molecular flexibility index (Phi) is 7.24. The molecule has 0 fully saturated rings. The highest BCUT2D eigenvalue weighted by Gasteiger charge is 2.26. The topological polar surface area (TPSA) is 84.9 Å². The van der Waals surface area contributed by atoms with Crippen LogP contribution in [-0.4, -0.2) is 50.6 Å². The van der Waals surface area contributed by atoms with Crippen molar-refractivity contribution in [2.75, 3.05) is 33.1 Å². The molecule has 2 rings (SSSR count). The fourth-order valence-corrected chi connectivity index (χ4v) is 3.73. The number of halogens is 1. The lowest BCUT2D eigenvalue weighted by atomic mass is 10.1. The van der Waals surface area contributed by atoms with E-state index in [2.05, 4.69) is 5.32 Å². The Bertz CT molecular complexity index is 879. The zero-order valence-corrected chi connectivity index (χ0v) is 16.8. The van der Waals surface area contributed by atoms with Crippen LogP contribution < -0.4 is 5.32 Å². The van der Waals surface area contributed by atoms with E-state index in [1.165, 1.54) is 26.4 Å². The van der Waals surface area contributed by atoms with Crippen molar-refractivity contribution >= 4 is 34.2 Å². The maximum atomic E-state index is 13.0. The maximum Gasteiger partial charge on any atom is 0.348 e. The molecule has 1 aromatic carbocycles. The van der Waals surface area contributed by atoms with Crippen LogP contribution in [0.4, 0.5) is 9.39 Å². The van der Waals surface area contributed by atoms with Crippen molar-refractivity contribution in [3.63, 3.8) is 0 Å². The molecule has 0 aliphatic carbocycles. The molecule has 1 N–H and O–H groups in total. The smallest absolute Gasteiger partial charge is 0.348 e. The molecular formula is C19H21FN2O5S. The number of ether oxygens (including phenoxy) is 2. The van der Waals surface area contributed by atoms with E-state index >= 15 is 0 Å². The van der Waals surface area contributed by atoms with E-state index in [9.17, 15) is 18.8 Å². The third kappa shape index (κ3) is 5.14. The molecule has 2 aromatic rings. The third-order valence-electron chi connectivity index (χ3n) is 3.94. The first-order valence-electron chi connectivity index (χ1n) is 8.29. The minimum absolute atomic E-state index is 0.0303. The fraction of sp³-hybridized carbons (Fsp3) is 0.316. The van der Waals surface area contributed by atoms with Crippen molar-refractivity contribution in [2.45, 2.75) is 13.5 Å². The maximum absolute atomic E-state index is 13.0. The number of thiophene rings is 1. The summed E-state index contributed by atoms with van der Waals surface area (Å²) in [4.78, 5) is 38.4. The van der Waals surface area contributed by atoms with Crippen LogP contribution in [0.15, 0.2) is 24.3 Å². The summed E-state index contributed by atoms with van der Waals surface area (Å²) in [5.41, 5.74) is 1.37. The summed E-state index contributed by atoms with van der Waals surface area (Å²) in [7, 11) is 4.20. The Morgan fingerprint density at radius 3 is 2.29 bits per heavy atom. The van der Waals surface area contributed by atoms with Gasteiger partial charge in [-0.2, -0.15) is 0 Å². The van der Waals surface area contributed by atoms with Gasteiger partial charge >= 0.3 is 11.9 Å². The Morgan fingerprint density at radius 1 is 1.11 bits per heavy atom. The number of hydrogen-bond acceptors (Lipinski definition) is 7. The molecule has 0 aliphatic rings. The summed E-state index contributed by atoms with van der Waals surface area (Å²) in [5.74, 6) is -1.94. The molecule has 150 valence electrons. The minimum atomic E-state index is -0.654. The number of methoxy groups -OCH3 is 2. The van der Waals surface area contributed by atoms with Gasteiger partial charge in [0.15, 0.2) is 0 Å². The van der Waals surface area contributed by atoms with Crippen molar-refractivity contribution in [1.29, 1.82) is 0 Å². The number of amides is 1. The number of likely N-dealkylation sites (N-methyl/N-ethyl adjacent to an activating group) is 1. The van der Waals surface area contributed by atoms with E-state index < -0.39 is 11.9 Å². The molecule has 0 spiro atoms. The van der Waals surface area contributed by atoms with Gasteiger partial charge in [-0.15, -0.1) is 11.3 Å². The number of nitrogens with zero attached hydrogens (tertiary/aromatic N) is 1. The van der Waals surface area contributed by atoms with Gasteiger partial charge in [-0.25, -0.2) is 14.0 Å². The molecule has 9 heteroatoms. The standard InChI is InChI=1S/C19H21FN2O5S/c1-11-15(18(24)26-3)17(28-16(11)19(25)27-4)21-14(23)10-22(2)9-12-5-7-13(20)8-6-12/h5-8H,9-10H2,1-4H3,(H,21,23). The second kappa shape index (κ2) is 9.43. The summed E-state index contributed by atoms with van der Waals surface area (Å²) >= 11 is 0.956. The average molecular weight is 408 g/mol. The van der Waals surface area contributed by atoms with Crippen LogP contribution in [0.1, 0.15) is 31.2 Å². The molecule has 0 radical (unpaired) electrons. The SMILES string of the molecule is COC(=O)c1sc(NC(=O)CN(C)Cc2ccc(F)cc2)c(C(=O)OC)c1C. The summed E-state index contributed by atoms with van der Waals surface area (Å²) in [6.45, 7) is 2.06. The van der Waals surface area contributed by atoms with Crippen LogP contribution >= 0.6 is 11.3 Å². The third-order valence-corrected chi connectivity index (χ3v) is 5.13. The molecule has 0 aliphatic heterocycles. The molecule has 28 heavy (non-hydrogen) atoms. The predicted octanol–water partition coefficient (Wildman–Crippen LogP) is 2.84. The monoisotopic (exact) mass is 408 g/mol. The first-order valence-corrected chi connectivity index (χ1v) is 9.11. The molecule has 1 aromatic heterocycles. The van der Waals surface area contributed by atoms with Crippen molar-refractivity contribution in [1.82, 2.24) is 4.90 Å². The van der Waals surface area contributed by atoms with Crippen molar-refractivity contribution in [3.8, 4) is 0 Å².